The van der Waals surface area contributed by atoms with E-state index in [0.29, 0.717) is 0 Å². The van der Waals surface area contributed by atoms with E-state index in [1.807, 2.05) is 0 Å². The van der Waals surface area contributed by atoms with Crippen molar-refractivity contribution in [1.82, 2.24) is 39.0 Å². The number of thiol groups is 2. The fourth-order valence-electron chi connectivity index (χ4n) is 5.32. The number of nitrogens with zero attached hydrogens (tertiary/aromatic N) is 6. The molecule has 3 fully saturated rings. The smallest absolute Gasteiger partial charge is 0.369 e. The van der Waals surface area contributed by atoms with E-state index in [1.54, 1.807) is 0 Å². The SMILES string of the molecule is Nc1nc2c(ncn2[C@@H]2O[C@@H]3CO[P@@](=O)(S)O[C@@H]4C(CO[P@@](=O)(S)O[C@H]3[C@H]2F)O[C@@H](n2cnc3c(=O)[nH]c(N)nc32)[C@@H]4F)c(=O)[nH]1. The van der Waals surface area contributed by atoms with Crippen LogP contribution in [0.25, 0.3) is 22.3 Å². The van der Waals surface area contributed by atoms with Gasteiger partial charge in [-0.1, -0.05) is 24.5 Å². The first-order valence-electron chi connectivity index (χ1n) is 13.1. The summed E-state index contributed by atoms with van der Waals surface area (Å²) in [7, 11) is 0. The summed E-state index contributed by atoms with van der Waals surface area (Å²) in [6.07, 6.45) is -11.7. The number of aromatic amines is 2. The minimum absolute atomic E-state index is 0.137. The third-order valence-electron chi connectivity index (χ3n) is 7.30. The summed E-state index contributed by atoms with van der Waals surface area (Å²) >= 11 is 7.90. The normalized spacial score (nSPS) is 37.1. The quantitative estimate of drug-likeness (QED) is 0.123. The molecule has 248 valence electrons. The van der Waals surface area contributed by atoms with Crippen molar-refractivity contribution in [2.75, 3.05) is 24.7 Å². The maximum Gasteiger partial charge on any atom is 0.386 e. The van der Waals surface area contributed by atoms with E-state index in [1.165, 1.54) is 0 Å². The second-order valence-electron chi connectivity index (χ2n) is 10.2. The van der Waals surface area contributed by atoms with Crippen molar-refractivity contribution in [2.24, 2.45) is 0 Å². The lowest BCUT2D eigenvalue weighted by molar-refractivity contribution is -0.0544. The van der Waals surface area contributed by atoms with Crippen LogP contribution < -0.4 is 22.6 Å². The number of ether oxygens (including phenoxy) is 2. The van der Waals surface area contributed by atoms with Crippen LogP contribution in [-0.2, 0) is 36.7 Å². The second kappa shape index (κ2) is 11.4. The maximum atomic E-state index is 16.0. The first kappa shape index (κ1) is 31.7. The van der Waals surface area contributed by atoms with Crippen LogP contribution in [0.1, 0.15) is 12.5 Å². The Morgan fingerprint density at radius 3 is 1.57 bits per heavy atom. The molecule has 3 aliphatic heterocycles. The number of fused-ring (bicyclic) bond motifs is 4. The predicted molar refractivity (Wildman–Crippen MR) is 158 cm³/mol. The van der Waals surface area contributed by atoms with Crippen molar-refractivity contribution in [3.8, 4) is 0 Å². The van der Waals surface area contributed by atoms with Gasteiger partial charge in [-0.05, 0) is 0 Å². The van der Waals surface area contributed by atoms with Gasteiger partial charge >= 0.3 is 13.6 Å². The summed E-state index contributed by atoms with van der Waals surface area (Å²) in [5, 5.41) is 0. The van der Waals surface area contributed by atoms with Crippen LogP contribution in [0.2, 0.25) is 0 Å². The second-order valence-corrected chi connectivity index (χ2v) is 16.0. The molecule has 7 heterocycles. The molecule has 0 spiro atoms. The molecule has 4 aromatic heterocycles. The summed E-state index contributed by atoms with van der Waals surface area (Å²) in [6.45, 7) is -10.4. The number of aromatic nitrogens is 8. The Morgan fingerprint density at radius 1 is 0.783 bits per heavy atom. The summed E-state index contributed by atoms with van der Waals surface area (Å²) < 4.78 is 93.9. The van der Waals surface area contributed by atoms with Crippen molar-refractivity contribution < 1.29 is 45.5 Å². The maximum absolute atomic E-state index is 16.0. The number of H-pyrrole nitrogens is 2. The van der Waals surface area contributed by atoms with Gasteiger partial charge in [0.2, 0.25) is 11.9 Å². The monoisotopic (exact) mass is 726 g/mol. The summed E-state index contributed by atoms with van der Waals surface area (Å²) in [5.41, 5.74) is 9.24. The molecule has 7 rings (SSSR count). The molecule has 0 aromatic carbocycles. The first-order chi connectivity index (χ1) is 21.7. The van der Waals surface area contributed by atoms with Crippen molar-refractivity contribution in [1.29, 1.82) is 0 Å². The lowest BCUT2D eigenvalue weighted by Crippen LogP contribution is -2.36. The number of nitrogens with two attached hydrogens (primary N) is 2. The van der Waals surface area contributed by atoms with Crippen molar-refractivity contribution in [2.45, 2.75) is 49.2 Å². The number of hydrogen-bond acceptors (Lipinski definition) is 16. The Balaban J connectivity index is 1.18. The van der Waals surface area contributed by atoms with Gasteiger partial charge in [-0.3, -0.25) is 46.8 Å². The van der Waals surface area contributed by atoms with Gasteiger partial charge in [0, 0.05) is 0 Å². The van der Waals surface area contributed by atoms with Gasteiger partial charge in [0.05, 0.1) is 25.9 Å². The zero-order valence-electron chi connectivity index (χ0n) is 22.7. The zero-order valence-corrected chi connectivity index (χ0v) is 26.2. The van der Waals surface area contributed by atoms with Crippen LogP contribution in [0.15, 0.2) is 22.2 Å². The average Bonchev–Trinajstić information content (AvgIpc) is 3.72. The van der Waals surface area contributed by atoms with Crippen LogP contribution in [0.5, 0.6) is 0 Å². The number of halogens is 2. The molecule has 0 aliphatic carbocycles. The Bertz CT molecular complexity index is 1920. The van der Waals surface area contributed by atoms with Gasteiger partial charge in [-0.2, -0.15) is 9.97 Å². The van der Waals surface area contributed by atoms with Gasteiger partial charge in [-0.25, -0.2) is 27.9 Å². The molecule has 20 nitrogen and oxygen atoms in total. The number of rotatable bonds is 2. The fourth-order valence-corrected chi connectivity index (χ4v) is 8.28. The van der Waals surface area contributed by atoms with E-state index >= 15 is 8.78 Å². The first-order valence-corrected chi connectivity index (χ1v) is 18.5. The zero-order chi connectivity index (χ0) is 32.7. The molecule has 3 saturated heterocycles. The number of hydrogen-bond donors (Lipinski definition) is 6. The van der Waals surface area contributed by atoms with Gasteiger partial charge in [0.1, 0.15) is 24.4 Å². The molecule has 46 heavy (non-hydrogen) atoms. The van der Waals surface area contributed by atoms with Gasteiger partial charge in [0.15, 0.2) is 47.1 Å². The number of imidazole rings is 2. The fraction of sp³-hybridized carbons (Fsp3) is 0.500. The molecular formula is C20H22F2N10O10P2S2. The minimum Gasteiger partial charge on any atom is -0.369 e. The molecule has 6 N–H and O–H groups in total. The molecular weight excluding hydrogens is 704 g/mol. The third kappa shape index (κ3) is 5.55. The predicted octanol–water partition coefficient (Wildman–Crippen LogP) is 0.781. The van der Waals surface area contributed by atoms with E-state index in [4.69, 9.17) is 39.0 Å². The molecule has 0 saturated carbocycles. The highest BCUT2D eigenvalue weighted by atomic mass is 32.7. The largest absolute Gasteiger partial charge is 0.386 e. The van der Waals surface area contributed by atoms with Crippen molar-refractivity contribution in [3.05, 3.63) is 33.4 Å². The lowest BCUT2D eigenvalue weighted by atomic mass is 10.1. The van der Waals surface area contributed by atoms with Crippen molar-refractivity contribution >= 4 is 72.3 Å². The summed E-state index contributed by atoms with van der Waals surface area (Å²) in [6, 6.07) is 0. The topological polar surface area (TPSA) is 269 Å². The number of nitrogens with one attached hydrogen (secondary N) is 2. The molecule has 0 radical (unpaired) electrons. The third-order valence-corrected chi connectivity index (χ3v) is 10.5. The van der Waals surface area contributed by atoms with Crippen LogP contribution in [0, 0.1) is 0 Å². The van der Waals surface area contributed by atoms with E-state index in [9.17, 15) is 18.7 Å². The summed E-state index contributed by atoms with van der Waals surface area (Å²) in [5.74, 6) is -0.562. The molecule has 1 unspecified atom stereocenters. The Morgan fingerprint density at radius 2 is 1.17 bits per heavy atom. The Kier molecular flexibility index (Phi) is 7.82. The highest BCUT2D eigenvalue weighted by Gasteiger charge is 2.54. The van der Waals surface area contributed by atoms with E-state index < -0.39 is 87.1 Å². The molecule has 0 amide bonds. The molecule has 10 atom stereocenters. The van der Waals surface area contributed by atoms with Crippen LogP contribution in [0.4, 0.5) is 20.7 Å². The molecule has 26 heteroatoms. The number of anilines is 2. The van der Waals surface area contributed by atoms with Gasteiger partial charge in [-0.15, -0.1) is 0 Å². The lowest BCUT2D eigenvalue weighted by Gasteiger charge is -2.28. The van der Waals surface area contributed by atoms with E-state index in [-0.39, 0.29) is 34.2 Å². The number of nitrogen functional groups attached to an aromatic ring is 2. The van der Waals surface area contributed by atoms with Gasteiger partial charge < -0.3 is 20.9 Å². The van der Waals surface area contributed by atoms with Crippen LogP contribution in [-0.4, -0.2) is 89.0 Å². The molecule has 0 bridgehead atoms. The molecule has 4 aromatic rings. The van der Waals surface area contributed by atoms with Crippen molar-refractivity contribution in [3.63, 3.8) is 0 Å². The molecule has 3 aliphatic rings. The Hall–Kier alpha value is -2.92. The highest BCUT2D eigenvalue weighted by molar-refractivity contribution is 8.44. The van der Waals surface area contributed by atoms with Crippen LogP contribution in [0.3, 0.4) is 0 Å². The van der Waals surface area contributed by atoms with E-state index in [2.05, 4.69) is 54.4 Å². The minimum atomic E-state index is -4.48. The highest BCUT2D eigenvalue weighted by Crippen LogP contribution is 2.60. The van der Waals surface area contributed by atoms with Crippen LogP contribution >= 0.6 is 38.1 Å². The Labute approximate surface area is 263 Å². The number of alkyl halides is 2. The average molecular weight is 727 g/mol. The summed E-state index contributed by atoms with van der Waals surface area (Å²) in [4.78, 5) is 44.7. The van der Waals surface area contributed by atoms with E-state index in [0.717, 1.165) is 21.8 Å². The van der Waals surface area contributed by atoms with Gasteiger partial charge in [0.25, 0.3) is 11.1 Å². The standard InChI is InChI=1S/C20H22F2N10O10P2S2/c21-7-11-5(39-17(7)31-3-25-9-13(31)27-19(23)29-15(9)33)1-37-43(35,45)42-12-6(2-38-44(36,46)41-11)40-18(8(12)22)32-4-26-10-14(32)28-20(24)30-16(10)34/h3-8,11-12,17-18H,1-2H2,(H,35,45)(H,36,46)(H3,23,27,29,33)(H3,24,28,30,34)/t5-,6?,7-,8-,11-,12-,17-,18-,43-,44-/m1/s1.